The van der Waals surface area contributed by atoms with E-state index in [1.54, 1.807) is 31.0 Å². The maximum Gasteiger partial charge on any atom is 0.165 e. The molecule has 0 saturated carbocycles. The van der Waals surface area contributed by atoms with Crippen molar-refractivity contribution in [2.45, 2.75) is 13.0 Å². The molecule has 1 aromatic rings. The zero-order chi connectivity index (χ0) is 11.4. The van der Waals surface area contributed by atoms with E-state index in [1.807, 2.05) is 6.07 Å². The van der Waals surface area contributed by atoms with Crippen molar-refractivity contribution in [1.82, 2.24) is 4.98 Å². The number of hydrogen-bond acceptors (Lipinski definition) is 5. The van der Waals surface area contributed by atoms with Gasteiger partial charge in [0.1, 0.15) is 11.9 Å². The fourth-order valence-corrected chi connectivity index (χ4v) is 1.25. The SMILES string of the molecule is CC(O)CN(C)c1ccc(N)c(C#N)n1. The number of nitrogens with zero attached hydrogens (tertiary/aromatic N) is 3. The number of aromatic nitrogens is 1. The number of likely N-dealkylation sites (N-methyl/N-ethyl adjacent to an activating group) is 1. The van der Waals surface area contributed by atoms with Crippen LogP contribution < -0.4 is 10.6 Å². The van der Waals surface area contributed by atoms with Crippen LogP contribution in [0.1, 0.15) is 12.6 Å². The molecule has 0 aliphatic rings. The molecule has 0 amide bonds. The van der Waals surface area contributed by atoms with Crippen molar-refractivity contribution in [3.8, 4) is 6.07 Å². The molecule has 0 aliphatic carbocycles. The van der Waals surface area contributed by atoms with E-state index in [-0.39, 0.29) is 5.69 Å². The molecule has 80 valence electrons. The van der Waals surface area contributed by atoms with E-state index in [1.165, 1.54) is 0 Å². The van der Waals surface area contributed by atoms with Gasteiger partial charge in [-0.25, -0.2) is 4.98 Å². The van der Waals surface area contributed by atoms with Gasteiger partial charge in [-0.3, -0.25) is 0 Å². The molecule has 1 unspecified atom stereocenters. The molecule has 1 atom stereocenters. The van der Waals surface area contributed by atoms with Crippen molar-refractivity contribution in [2.24, 2.45) is 0 Å². The minimum atomic E-state index is -0.445. The molecule has 5 heteroatoms. The van der Waals surface area contributed by atoms with Gasteiger partial charge in [-0.2, -0.15) is 5.26 Å². The molecule has 0 aliphatic heterocycles. The maximum atomic E-state index is 9.21. The third-order valence-corrected chi connectivity index (χ3v) is 1.95. The molecule has 0 radical (unpaired) electrons. The van der Waals surface area contributed by atoms with Gasteiger partial charge in [-0.05, 0) is 19.1 Å². The first kappa shape index (κ1) is 11.3. The number of hydrogen-bond donors (Lipinski definition) is 2. The highest BCUT2D eigenvalue weighted by molar-refractivity contribution is 5.55. The molecule has 0 aromatic carbocycles. The molecule has 0 bridgehead atoms. The summed E-state index contributed by atoms with van der Waals surface area (Å²) >= 11 is 0. The lowest BCUT2D eigenvalue weighted by molar-refractivity contribution is 0.201. The zero-order valence-corrected chi connectivity index (χ0v) is 8.81. The predicted octanol–water partition coefficient (Wildman–Crippen LogP) is 0.352. The third kappa shape index (κ3) is 2.82. The van der Waals surface area contributed by atoms with Crippen LogP contribution in [0.2, 0.25) is 0 Å². The standard InChI is InChI=1S/C10H14N4O/c1-7(15)6-14(2)10-4-3-8(12)9(5-11)13-10/h3-4,7,15H,6,12H2,1-2H3. The van der Waals surface area contributed by atoms with Crippen LogP contribution in [-0.4, -0.2) is 29.8 Å². The maximum absolute atomic E-state index is 9.21. The van der Waals surface area contributed by atoms with Crippen molar-refractivity contribution in [2.75, 3.05) is 24.2 Å². The number of nitriles is 1. The van der Waals surface area contributed by atoms with Gasteiger partial charge in [0, 0.05) is 13.6 Å². The van der Waals surface area contributed by atoms with Gasteiger partial charge in [0.15, 0.2) is 5.69 Å². The number of nitrogens with two attached hydrogens (primary N) is 1. The summed E-state index contributed by atoms with van der Waals surface area (Å²) in [6.45, 7) is 2.15. The molecular formula is C10H14N4O. The van der Waals surface area contributed by atoms with Crippen LogP contribution in [0.4, 0.5) is 11.5 Å². The lowest BCUT2D eigenvalue weighted by Crippen LogP contribution is -2.27. The monoisotopic (exact) mass is 206 g/mol. The fraction of sp³-hybridized carbons (Fsp3) is 0.400. The van der Waals surface area contributed by atoms with E-state index in [9.17, 15) is 5.11 Å². The number of aliphatic hydroxyl groups is 1. The van der Waals surface area contributed by atoms with Crippen molar-refractivity contribution in [1.29, 1.82) is 5.26 Å². The van der Waals surface area contributed by atoms with Crippen LogP contribution >= 0.6 is 0 Å². The van der Waals surface area contributed by atoms with E-state index in [0.717, 1.165) is 0 Å². The zero-order valence-electron chi connectivity index (χ0n) is 8.81. The minimum absolute atomic E-state index is 0.213. The largest absolute Gasteiger partial charge is 0.396 e. The lowest BCUT2D eigenvalue weighted by Gasteiger charge is -2.19. The molecule has 15 heavy (non-hydrogen) atoms. The molecule has 5 nitrogen and oxygen atoms in total. The molecule has 0 fully saturated rings. The average Bonchev–Trinajstić information content (AvgIpc) is 2.17. The Morgan fingerprint density at radius 2 is 2.33 bits per heavy atom. The fourth-order valence-electron chi connectivity index (χ4n) is 1.25. The second-order valence-corrected chi connectivity index (χ2v) is 3.45. The third-order valence-electron chi connectivity index (χ3n) is 1.95. The molecule has 1 rings (SSSR count). The average molecular weight is 206 g/mol. The lowest BCUT2D eigenvalue weighted by atomic mass is 10.3. The van der Waals surface area contributed by atoms with Gasteiger partial charge in [0.2, 0.25) is 0 Å². The van der Waals surface area contributed by atoms with Gasteiger partial charge in [-0.1, -0.05) is 0 Å². The van der Waals surface area contributed by atoms with Crippen LogP contribution in [0, 0.1) is 11.3 Å². The summed E-state index contributed by atoms with van der Waals surface area (Å²) in [5.74, 6) is 0.627. The van der Waals surface area contributed by atoms with Crippen molar-refractivity contribution < 1.29 is 5.11 Å². The van der Waals surface area contributed by atoms with Crippen molar-refractivity contribution in [3.05, 3.63) is 17.8 Å². The Morgan fingerprint density at radius 1 is 1.67 bits per heavy atom. The number of rotatable bonds is 3. The van der Waals surface area contributed by atoms with E-state index >= 15 is 0 Å². The number of pyridine rings is 1. The van der Waals surface area contributed by atoms with Gasteiger partial charge >= 0.3 is 0 Å². The van der Waals surface area contributed by atoms with E-state index in [4.69, 9.17) is 11.0 Å². The first-order valence-electron chi connectivity index (χ1n) is 4.60. The van der Waals surface area contributed by atoms with Gasteiger partial charge < -0.3 is 15.7 Å². The summed E-state index contributed by atoms with van der Waals surface area (Å²) in [4.78, 5) is 5.84. The van der Waals surface area contributed by atoms with Crippen LogP contribution in [0.5, 0.6) is 0 Å². The summed E-state index contributed by atoms with van der Waals surface area (Å²) < 4.78 is 0. The Balaban J connectivity index is 2.92. The first-order chi connectivity index (χ1) is 7.04. The van der Waals surface area contributed by atoms with E-state index < -0.39 is 6.10 Å². The Bertz CT molecular complexity index is 383. The second kappa shape index (κ2) is 4.62. The highest BCUT2D eigenvalue weighted by Gasteiger charge is 2.08. The normalized spacial score (nSPS) is 11.9. The molecule has 3 N–H and O–H groups in total. The molecular weight excluding hydrogens is 192 g/mol. The highest BCUT2D eigenvalue weighted by atomic mass is 16.3. The summed E-state index contributed by atoms with van der Waals surface area (Å²) in [5.41, 5.74) is 6.13. The summed E-state index contributed by atoms with van der Waals surface area (Å²) in [5, 5.41) is 18.0. The van der Waals surface area contributed by atoms with Crippen LogP contribution in [0.25, 0.3) is 0 Å². The van der Waals surface area contributed by atoms with Crippen LogP contribution in [0.15, 0.2) is 12.1 Å². The molecule has 1 heterocycles. The van der Waals surface area contributed by atoms with Crippen molar-refractivity contribution >= 4 is 11.5 Å². The summed E-state index contributed by atoms with van der Waals surface area (Å²) in [6.07, 6.45) is -0.445. The van der Waals surface area contributed by atoms with E-state index in [2.05, 4.69) is 4.98 Å². The van der Waals surface area contributed by atoms with E-state index in [0.29, 0.717) is 18.1 Å². The smallest absolute Gasteiger partial charge is 0.165 e. The van der Waals surface area contributed by atoms with Gasteiger partial charge in [0.05, 0.1) is 11.8 Å². The first-order valence-corrected chi connectivity index (χ1v) is 4.60. The topological polar surface area (TPSA) is 86.2 Å². The minimum Gasteiger partial charge on any atom is -0.396 e. The van der Waals surface area contributed by atoms with Gasteiger partial charge in [-0.15, -0.1) is 0 Å². The van der Waals surface area contributed by atoms with Crippen molar-refractivity contribution in [3.63, 3.8) is 0 Å². The molecule has 1 aromatic heterocycles. The number of nitrogen functional groups attached to an aromatic ring is 1. The Labute approximate surface area is 88.8 Å². The molecule has 0 saturated heterocycles. The quantitative estimate of drug-likeness (QED) is 0.745. The Hall–Kier alpha value is -1.80. The number of anilines is 2. The highest BCUT2D eigenvalue weighted by Crippen LogP contribution is 2.15. The number of aliphatic hydroxyl groups excluding tert-OH is 1. The van der Waals surface area contributed by atoms with Gasteiger partial charge in [0.25, 0.3) is 0 Å². The Kier molecular flexibility index (Phi) is 3.47. The summed E-state index contributed by atoms with van der Waals surface area (Å²) in [6, 6.07) is 5.28. The predicted molar refractivity (Wildman–Crippen MR) is 58.3 cm³/mol. The molecule has 0 spiro atoms. The second-order valence-electron chi connectivity index (χ2n) is 3.45. The van der Waals surface area contributed by atoms with Crippen LogP contribution in [-0.2, 0) is 0 Å². The summed E-state index contributed by atoms with van der Waals surface area (Å²) in [7, 11) is 1.80. The Morgan fingerprint density at radius 3 is 2.87 bits per heavy atom. The van der Waals surface area contributed by atoms with Crippen LogP contribution in [0.3, 0.4) is 0 Å².